The lowest BCUT2D eigenvalue weighted by atomic mass is 9.97. The molecule has 2 atom stereocenters. The quantitative estimate of drug-likeness (QED) is 0.782. The molecule has 1 N–H and O–H groups in total. The molecule has 3 heteroatoms. The molecule has 0 unspecified atom stereocenters. The highest BCUT2D eigenvalue weighted by molar-refractivity contribution is 5.29. The molecule has 1 aromatic rings. The van der Waals surface area contributed by atoms with Gasteiger partial charge in [0, 0.05) is 19.2 Å². The van der Waals surface area contributed by atoms with Crippen LogP contribution in [0.3, 0.4) is 0 Å². The lowest BCUT2D eigenvalue weighted by Crippen LogP contribution is -2.37. The van der Waals surface area contributed by atoms with Gasteiger partial charge in [0.1, 0.15) is 5.75 Å². The second-order valence-corrected chi connectivity index (χ2v) is 5.97. The Morgan fingerprint density at radius 1 is 1.15 bits per heavy atom. The van der Waals surface area contributed by atoms with Crippen molar-refractivity contribution in [1.29, 1.82) is 0 Å². The van der Waals surface area contributed by atoms with E-state index in [9.17, 15) is 0 Å². The van der Waals surface area contributed by atoms with Crippen LogP contribution < -0.4 is 10.1 Å². The van der Waals surface area contributed by atoms with Gasteiger partial charge in [0.25, 0.3) is 0 Å². The van der Waals surface area contributed by atoms with E-state index < -0.39 is 0 Å². The molecule has 1 rings (SSSR count). The lowest BCUT2D eigenvalue weighted by molar-refractivity contribution is 0.00760. The van der Waals surface area contributed by atoms with Crippen LogP contribution in [0.15, 0.2) is 24.3 Å². The Kier molecular flexibility index (Phi) is 6.50. The van der Waals surface area contributed by atoms with Crippen LogP contribution in [0.1, 0.15) is 52.1 Å². The molecule has 114 valence electrons. The maximum Gasteiger partial charge on any atom is 0.118 e. The Balaban J connectivity index is 2.66. The van der Waals surface area contributed by atoms with Crippen molar-refractivity contribution in [2.24, 2.45) is 0 Å². The molecule has 20 heavy (non-hydrogen) atoms. The number of ether oxygens (including phenoxy) is 2. The van der Waals surface area contributed by atoms with Crippen LogP contribution >= 0.6 is 0 Å². The molecule has 0 aliphatic carbocycles. The fourth-order valence-corrected chi connectivity index (χ4v) is 2.51. The summed E-state index contributed by atoms with van der Waals surface area (Å²) in [6, 6.07) is 9.07. The predicted octanol–water partition coefficient (Wildman–Crippen LogP) is 3.94. The first kappa shape index (κ1) is 17.0. The standard InChI is InChI=1S/C17H29NO2/c1-7-16(14-8-10-15(19-5)11-9-14)18-13(2)12-17(3,4)20-6/h8-11,13,16,18H,7,12H2,1-6H3/t13-,16-/m1/s1. The first-order valence-electron chi connectivity index (χ1n) is 7.37. The van der Waals surface area contributed by atoms with Crippen molar-refractivity contribution in [1.82, 2.24) is 5.32 Å². The highest BCUT2D eigenvalue weighted by Gasteiger charge is 2.22. The molecule has 0 radical (unpaired) electrons. The second kappa shape index (κ2) is 7.65. The minimum atomic E-state index is -0.0926. The summed E-state index contributed by atoms with van der Waals surface area (Å²) >= 11 is 0. The average Bonchev–Trinajstić information content (AvgIpc) is 2.44. The van der Waals surface area contributed by atoms with Crippen molar-refractivity contribution in [2.45, 2.75) is 58.2 Å². The van der Waals surface area contributed by atoms with Crippen molar-refractivity contribution in [2.75, 3.05) is 14.2 Å². The van der Waals surface area contributed by atoms with Gasteiger partial charge < -0.3 is 14.8 Å². The third-order valence-electron chi connectivity index (χ3n) is 3.76. The molecule has 0 aliphatic heterocycles. The van der Waals surface area contributed by atoms with Gasteiger partial charge in [-0.1, -0.05) is 19.1 Å². The van der Waals surface area contributed by atoms with Crippen LogP contribution in [0.4, 0.5) is 0 Å². The Morgan fingerprint density at radius 2 is 1.75 bits per heavy atom. The molecule has 0 bridgehead atoms. The zero-order chi connectivity index (χ0) is 15.2. The van der Waals surface area contributed by atoms with Crippen LogP contribution in [0, 0.1) is 0 Å². The van der Waals surface area contributed by atoms with Crippen LogP contribution in [0.2, 0.25) is 0 Å². The van der Waals surface area contributed by atoms with E-state index in [0.717, 1.165) is 18.6 Å². The molecule has 1 aromatic carbocycles. The van der Waals surface area contributed by atoms with Crippen molar-refractivity contribution in [3.63, 3.8) is 0 Å². The maximum atomic E-state index is 5.50. The predicted molar refractivity (Wildman–Crippen MR) is 84.3 cm³/mol. The summed E-state index contributed by atoms with van der Waals surface area (Å²) in [6.45, 7) is 8.67. The molecule has 0 aromatic heterocycles. The first-order valence-corrected chi connectivity index (χ1v) is 7.37. The van der Waals surface area contributed by atoms with E-state index >= 15 is 0 Å². The van der Waals surface area contributed by atoms with Crippen molar-refractivity contribution >= 4 is 0 Å². The van der Waals surface area contributed by atoms with Crippen molar-refractivity contribution in [3.05, 3.63) is 29.8 Å². The normalized spacial score (nSPS) is 14.9. The third kappa shape index (κ3) is 5.14. The van der Waals surface area contributed by atoms with Crippen molar-refractivity contribution < 1.29 is 9.47 Å². The van der Waals surface area contributed by atoms with Crippen LogP contribution in [0.5, 0.6) is 5.75 Å². The van der Waals surface area contributed by atoms with E-state index in [1.807, 2.05) is 12.1 Å². The molecular formula is C17H29NO2. The maximum absolute atomic E-state index is 5.50. The monoisotopic (exact) mass is 279 g/mol. The summed E-state index contributed by atoms with van der Waals surface area (Å²) in [5, 5.41) is 3.69. The van der Waals surface area contributed by atoms with Crippen molar-refractivity contribution in [3.8, 4) is 5.75 Å². The van der Waals surface area contributed by atoms with E-state index in [1.165, 1.54) is 5.56 Å². The minimum absolute atomic E-state index is 0.0926. The van der Waals surface area contributed by atoms with Crippen LogP contribution in [0.25, 0.3) is 0 Å². The largest absolute Gasteiger partial charge is 0.497 e. The zero-order valence-corrected chi connectivity index (χ0v) is 13.7. The number of rotatable bonds is 8. The average molecular weight is 279 g/mol. The number of hydrogen-bond acceptors (Lipinski definition) is 3. The zero-order valence-electron chi connectivity index (χ0n) is 13.7. The minimum Gasteiger partial charge on any atom is -0.497 e. The number of hydrogen-bond donors (Lipinski definition) is 1. The highest BCUT2D eigenvalue weighted by atomic mass is 16.5. The summed E-state index contributed by atoms with van der Waals surface area (Å²) < 4.78 is 10.7. The van der Waals surface area contributed by atoms with Gasteiger partial charge in [0.15, 0.2) is 0 Å². The van der Waals surface area contributed by atoms with Crippen LogP contribution in [-0.2, 0) is 4.74 Å². The fourth-order valence-electron chi connectivity index (χ4n) is 2.51. The summed E-state index contributed by atoms with van der Waals surface area (Å²) in [6.07, 6.45) is 2.04. The van der Waals surface area contributed by atoms with E-state index in [-0.39, 0.29) is 5.60 Å². The second-order valence-electron chi connectivity index (χ2n) is 5.97. The SMILES string of the molecule is CC[C@@H](N[C@H](C)CC(C)(C)OC)c1ccc(OC)cc1. The van der Waals surface area contributed by atoms with Gasteiger partial charge in [0.2, 0.25) is 0 Å². The summed E-state index contributed by atoms with van der Waals surface area (Å²) in [7, 11) is 3.47. The summed E-state index contributed by atoms with van der Waals surface area (Å²) in [4.78, 5) is 0. The van der Waals surface area contributed by atoms with E-state index in [1.54, 1.807) is 14.2 Å². The number of benzene rings is 1. The Morgan fingerprint density at radius 3 is 2.20 bits per heavy atom. The van der Waals surface area contributed by atoms with E-state index in [0.29, 0.717) is 12.1 Å². The molecule has 0 fully saturated rings. The summed E-state index contributed by atoms with van der Waals surface area (Å²) in [5.41, 5.74) is 1.21. The smallest absolute Gasteiger partial charge is 0.118 e. The van der Waals surface area contributed by atoms with E-state index in [4.69, 9.17) is 9.47 Å². The van der Waals surface area contributed by atoms with Gasteiger partial charge in [-0.3, -0.25) is 0 Å². The molecule has 0 aliphatic rings. The van der Waals surface area contributed by atoms with Gasteiger partial charge in [0.05, 0.1) is 12.7 Å². The molecule has 0 heterocycles. The Labute approximate surface area is 123 Å². The number of methoxy groups -OCH3 is 2. The van der Waals surface area contributed by atoms with Gasteiger partial charge >= 0.3 is 0 Å². The molecular weight excluding hydrogens is 250 g/mol. The van der Waals surface area contributed by atoms with E-state index in [2.05, 4.69) is 45.1 Å². The van der Waals surface area contributed by atoms with Gasteiger partial charge in [-0.2, -0.15) is 0 Å². The molecule has 0 amide bonds. The van der Waals surface area contributed by atoms with Gasteiger partial charge in [-0.05, 0) is 51.3 Å². The fraction of sp³-hybridized carbons (Fsp3) is 0.647. The van der Waals surface area contributed by atoms with Gasteiger partial charge in [-0.15, -0.1) is 0 Å². The van der Waals surface area contributed by atoms with Gasteiger partial charge in [-0.25, -0.2) is 0 Å². The number of nitrogens with one attached hydrogen (secondary N) is 1. The third-order valence-corrected chi connectivity index (χ3v) is 3.76. The topological polar surface area (TPSA) is 30.5 Å². The Bertz CT molecular complexity index is 386. The lowest BCUT2D eigenvalue weighted by Gasteiger charge is -2.30. The molecule has 0 spiro atoms. The molecule has 0 saturated carbocycles. The highest BCUT2D eigenvalue weighted by Crippen LogP contribution is 2.23. The first-order chi connectivity index (χ1) is 9.41. The summed E-state index contributed by atoms with van der Waals surface area (Å²) in [5.74, 6) is 0.900. The molecule has 3 nitrogen and oxygen atoms in total. The molecule has 0 saturated heterocycles. The Hall–Kier alpha value is -1.06. The van der Waals surface area contributed by atoms with Crippen LogP contribution in [-0.4, -0.2) is 25.9 Å².